The van der Waals surface area contributed by atoms with Gasteiger partial charge in [-0.3, -0.25) is 4.79 Å². The number of pyridine rings is 1. The summed E-state index contributed by atoms with van der Waals surface area (Å²) in [4.78, 5) is 16.2. The maximum atomic E-state index is 13.3. The summed E-state index contributed by atoms with van der Waals surface area (Å²) in [6.45, 7) is 2.55. The fraction of sp³-hybridized carbons (Fsp3) is 0.571. The molecule has 0 radical (unpaired) electrons. The van der Waals surface area contributed by atoms with Crippen LogP contribution in [0.1, 0.15) is 36.5 Å². The molecule has 110 valence electrons. The number of thioether (sulfide) groups is 1. The largest absolute Gasteiger partial charge is 0.370 e. The number of hydrogen-bond donors (Lipinski definition) is 2. The van der Waals surface area contributed by atoms with Crippen molar-refractivity contribution in [2.45, 2.75) is 37.5 Å². The Morgan fingerprint density at radius 2 is 2.35 bits per heavy atom. The van der Waals surface area contributed by atoms with Gasteiger partial charge in [0.2, 0.25) is 0 Å². The summed E-state index contributed by atoms with van der Waals surface area (Å²) in [5.74, 6) is -0.310. The van der Waals surface area contributed by atoms with Crippen LogP contribution in [-0.2, 0) is 0 Å². The first kappa shape index (κ1) is 15.1. The Bertz CT molecular complexity index is 483. The van der Waals surface area contributed by atoms with E-state index < -0.39 is 5.82 Å². The van der Waals surface area contributed by atoms with E-state index in [1.54, 1.807) is 0 Å². The Labute approximate surface area is 122 Å². The molecule has 1 saturated carbocycles. The SMILES string of the molecule is CCNc1ncc(F)cc1C(=O)NC1CCC(SC)C1. The summed E-state index contributed by atoms with van der Waals surface area (Å²) in [7, 11) is 0. The van der Waals surface area contributed by atoms with E-state index in [0.717, 1.165) is 25.5 Å². The van der Waals surface area contributed by atoms with Gasteiger partial charge in [0, 0.05) is 17.8 Å². The molecule has 0 aliphatic heterocycles. The quantitative estimate of drug-likeness (QED) is 0.877. The Morgan fingerprint density at radius 1 is 1.55 bits per heavy atom. The van der Waals surface area contributed by atoms with Crippen LogP contribution in [0, 0.1) is 5.82 Å². The van der Waals surface area contributed by atoms with E-state index in [0.29, 0.717) is 17.6 Å². The number of hydrogen-bond acceptors (Lipinski definition) is 4. The Hall–Kier alpha value is -1.30. The third kappa shape index (κ3) is 3.62. The van der Waals surface area contributed by atoms with Crippen LogP contribution in [0.4, 0.5) is 10.2 Å². The molecule has 1 aromatic rings. The van der Waals surface area contributed by atoms with Crippen LogP contribution in [-0.4, -0.2) is 35.0 Å². The first-order chi connectivity index (χ1) is 9.63. The van der Waals surface area contributed by atoms with Gasteiger partial charge in [0.25, 0.3) is 5.91 Å². The van der Waals surface area contributed by atoms with Crippen molar-refractivity contribution < 1.29 is 9.18 Å². The topological polar surface area (TPSA) is 54.0 Å². The van der Waals surface area contributed by atoms with Gasteiger partial charge < -0.3 is 10.6 Å². The lowest BCUT2D eigenvalue weighted by Gasteiger charge is -2.15. The first-order valence-electron chi connectivity index (χ1n) is 6.87. The smallest absolute Gasteiger partial charge is 0.255 e. The molecule has 2 atom stereocenters. The summed E-state index contributed by atoms with van der Waals surface area (Å²) in [5.41, 5.74) is 0.277. The van der Waals surface area contributed by atoms with Crippen molar-refractivity contribution in [2.75, 3.05) is 18.1 Å². The number of nitrogens with zero attached hydrogens (tertiary/aromatic N) is 1. The lowest BCUT2D eigenvalue weighted by Crippen LogP contribution is -2.33. The Balaban J connectivity index is 2.07. The summed E-state index contributed by atoms with van der Waals surface area (Å²) >= 11 is 1.84. The molecule has 0 bridgehead atoms. The zero-order chi connectivity index (χ0) is 14.5. The highest BCUT2D eigenvalue weighted by atomic mass is 32.2. The Morgan fingerprint density at radius 3 is 3.00 bits per heavy atom. The van der Waals surface area contributed by atoms with Crippen LogP contribution in [0.15, 0.2) is 12.3 Å². The second-order valence-electron chi connectivity index (χ2n) is 4.92. The van der Waals surface area contributed by atoms with Gasteiger partial charge in [-0.1, -0.05) is 0 Å². The van der Waals surface area contributed by atoms with Crippen molar-refractivity contribution in [1.29, 1.82) is 0 Å². The molecule has 0 spiro atoms. The number of anilines is 1. The average molecular weight is 297 g/mol. The molecule has 1 aliphatic rings. The van der Waals surface area contributed by atoms with Gasteiger partial charge in [-0.2, -0.15) is 11.8 Å². The second kappa shape index (κ2) is 6.92. The molecular formula is C14H20FN3OS. The van der Waals surface area contributed by atoms with Gasteiger partial charge in [0.05, 0.1) is 11.8 Å². The van der Waals surface area contributed by atoms with Crippen molar-refractivity contribution in [3.8, 4) is 0 Å². The highest BCUT2D eigenvalue weighted by Crippen LogP contribution is 2.28. The van der Waals surface area contributed by atoms with Crippen LogP contribution in [0.3, 0.4) is 0 Å². The monoisotopic (exact) mass is 297 g/mol. The maximum absolute atomic E-state index is 13.3. The highest BCUT2D eigenvalue weighted by molar-refractivity contribution is 7.99. The number of amides is 1. The summed E-state index contributed by atoms with van der Waals surface area (Å²) in [5, 5.41) is 6.58. The summed E-state index contributed by atoms with van der Waals surface area (Å²) in [6, 6.07) is 1.42. The molecule has 20 heavy (non-hydrogen) atoms. The van der Waals surface area contributed by atoms with Gasteiger partial charge >= 0.3 is 0 Å². The summed E-state index contributed by atoms with van der Waals surface area (Å²) < 4.78 is 13.3. The van der Waals surface area contributed by atoms with E-state index in [1.807, 2.05) is 18.7 Å². The molecule has 1 fully saturated rings. The minimum atomic E-state index is -0.495. The molecule has 2 unspecified atom stereocenters. The molecule has 2 rings (SSSR count). The van der Waals surface area contributed by atoms with E-state index in [1.165, 1.54) is 6.07 Å². The fourth-order valence-electron chi connectivity index (χ4n) is 2.47. The number of rotatable bonds is 5. The molecule has 2 N–H and O–H groups in total. The maximum Gasteiger partial charge on any atom is 0.255 e. The highest BCUT2D eigenvalue weighted by Gasteiger charge is 2.26. The molecule has 1 aromatic heterocycles. The minimum Gasteiger partial charge on any atom is -0.370 e. The number of halogens is 1. The standard InChI is InChI=1S/C14H20FN3OS/c1-3-16-13-12(6-9(15)8-17-13)14(19)18-10-4-5-11(7-10)20-2/h6,8,10-11H,3-5,7H2,1-2H3,(H,16,17)(H,18,19). The van der Waals surface area contributed by atoms with E-state index in [9.17, 15) is 9.18 Å². The van der Waals surface area contributed by atoms with Crippen molar-refractivity contribution in [3.05, 3.63) is 23.6 Å². The molecule has 4 nitrogen and oxygen atoms in total. The van der Waals surface area contributed by atoms with Crippen molar-refractivity contribution in [1.82, 2.24) is 10.3 Å². The normalized spacial score (nSPS) is 21.8. The molecule has 6 heteroatoms. The average Bonchev–Trinajstić information content (AvgIpc) is 2.88. The molecule has 1 heterocycles. The number of carbonyl (C=O) groups excluding carboxylic acids is 1. The number of carbonyl (C=O) groups is 1. The van der Waals surface area contributed by atoms with Crippen LogP contribution in [0.5, 0.6) is 0 Å². The lowest BCUT2D eigenvalue weighted by atomic mass is 10.2. The van der Waals surface area contributed by atoms with Crippen molar-refractivity contribution in [3.63, 3.8) is 0 Å². The van der Waals surface area contributed by atoms with Crippen LogP contribution < -0.4 is 10.6 Å². The van der Waals surface area contributed by atoms with Crippen LogP contribution >= 0.6 is 11.8 Å². The van der Waals surface area contributed by atoms with E-state index in [4.69, 9.17) is 0 Å². The third-order valence-electron chi connectivity index (χ3n) is 3.50. The zero-order valence-electron chi connectivity index (χ0n) is 11.8. The second-order valence-corrected chi connectivity index (χ2v) is 6.06. The number of aromatic nitrogens is 1. The van der Waals surface area contributed by atoms with E-state index >= 15 is 0 Å². The predicted octanol–water partition coefficient (Wildman–Crippen LogP) is 2.67. The third-order valence-corrected chi connectivity index (χ3v) is 4.59. The first-order valence-corrected chi connectivity index (χ1v) is 8.16. The molecule has 0 aromatic carbocycles. The fourth-order valence-corrected chi connectivity index (χ4v) is 3.27. The van der Waals surface area contributed by atoms with E-state index in [2.05, 4.69) is 21.9 Å². The van der Waals surface area contributed by atoms with Gasteiger partial charge in [-0.05, 0) is 38.5 Å². The predicted molar refractivity (Wildman–Crippen MR) is 80.8 cm³/mol. The van der Waals surface area contributed by atoms with Crippen molar-refractivity contribution in [2.24, 2.45) is 0 Å². The summed E-state index contributed by atoms with van der Waals surface area (Å²) in [6.07, 6.45) is 6.29. The van der Waals surface area contributed by atoms with Crippen LogP contribution in [0.2, 0.25) is 0 Å². The van der Waals surface area contributed by atoms with E-state index in [-0.39, 0.29) is 17.5 Å². The molecule has 1 aliphatic carbocycles. The molecule has 0 saturated heterocycles. The van der Waals surface area contributed by atoms with Gasteiger partial charge in [-0.25, -0.2) is 9.37 Å². The Kier molecular flexibility index (Phi) is 5.23. The lowest BCUT2D eigenvalue weighted by molar-refractivity contribution is 0.0938. The van der Waals surface area contributed by atoms with Gasteiger partial charge in [-0.15, -0.1) is 0 Å². The van der Waals surface area contributed by atoms with Gasteiger partial charge in [0.15, 0.2) is 0 Å². The van der Waals surface area contributed by atoms with Crippen molar-refractivity contribution >= 4 is 23.5 Å². The minimum absolute atomic E-state index is 0.178. The number of nitrogens with one attached hydrogen (secondary N) is 2. The van der Waals surface area contributed by atoms with Gasteiger partial charge in [0.1, 0.15) is 11.6 Å². The van der Waals surface area contributed by atoms with Crippen LogP contribution in [0.25, 0.3) is 0 Å². The molecular weight excluding hydrogens is 277 g/mol. The molecule has 1 amide bonds. The zero-order valence-corrected chi connectivity index (χ0v) is 12.6.